The number of aliphatic carboxylic acids is 1. The summed E-state index contributed by atoms with van der Waals surface area (Å²) < 4.78 is 0. The number of nitrogens with zero attached hydrogens (tertiary/aromatic N) is 2. The minimum Gasteiger partial charge on any atom is -0.513 e. The van der Waals surface area contributed by atoms with Gasteiger partial charge in [0.25, 0.3) is 0 Å². The monoisotopic (exact) mass is 274 g/mol. The molecule has 0 fully saturated rings. The Morgan fingerprint density at radius 3 is 2.15 bits per heavy atom. The fourth-order valence-electron chi connectivity index (χ4n) is 1.11. The molecular formula is C15H18N2O3. The van der Waals surface area contributed by atoms with Crippen molar-refractivity contribution in [2.24, 2.45) is 10.2 Å². The van der Waals surface area contributed by atoms with Crippen LogP contribution in [0.4, 0.5) is 0 Å². The van der Waals surface area contributed by atoms with Gasteiger partial charge in [0.15, 0.2) is 0 Å². The highest BCUT2D eigenvalue weighted by atomic mass is 16.4. The van der Waals surface area contributed by atoms with Gasteiger partial charge in [-0.3, -0.25) is 0 Å². The van der Waals surface area contributed by atoms with Crippen LogP contribution in [-0.4, -0.2) is 16.2 Å². The second kappa shape index (κ2) is 9.27. The van der Waals surface area contributed by atoms with Crippen molar-refractivity contribution >= 4 is 5.97 Å². The summed E-state index contributed by atoms with van der Waals surface area (Å²) in [6, 6.07) is 0. The summed E-state index contributed by atoms with van der Waals surface area (Å²) in [6.45, 7) is 10.2. The van der Waals surface area contributed by atoms with E-state index in [4.69, 9.17) is 10.2 Å². The molecule has 0 amide bonds. The fourth-order valence-corrected chi connectivity index (χ4v) is 1.11. The maximum Gasteiger partial charge on any atom is 0.337 e. The third kappa shape index (κ3) is 6.30. The molecular weight excluding hydrogens is 256 g/mol. The molecule has 0 saturated carbocycles. The minimum absolute atomic E-state index is 0.0106. The van der Waals surface area contributed by atoms with E-state index in [0.717, 1.165) is 0 Å². The van der Waals surface area contributed by atoms with E-state index < -0.39 is 5.97 Å². The van der Waals surface area contributed by atoms with E-state index in [2.05, 4.69) is 23.4 Å². The summed E-state index contributed by atoms with van der Waals surface area (Å²) in [4.78, 5) is 11.1. The lowest BCUT2D eigenvalue weighted by Crippen LogP contribution is -2.01. The maximum atomic E-state index is 11.1. The molecule has 0 unspecified atom stereocenters. The van der Waals surface area contributed by atoms with E-state index in [1.807, 2.05) is 0 Å². The number of carboxylic acid groups (broad SMARTS) is 1. The molecule has 2 N–H and O–H groups in total. The smallest absolute Gasteiger partial charge is 0.337 e. The number of aliphatic hydroxyl groups is 1. The highest BCUT2D eigenvalue weighted by Crippen LogP contribution is 2.14. The molecule has 5 heteroatoms. The minimum atomic E-state index is -1.12. The number of rotatable bonds is 7. The van der Waals surface area contributed by atoms with E-state index in [1.54, 1.807) is 6.92 Å². The lowest BCUT2D eigenvalue weighted by Gasteiger charge is -2.00. The van der Waals surface area contributed by atoms with Crippen molar-refractivity contribution in [2.75, 3.05) is 0 Å². The van der Waals surface area contributed by atoms with Crippen molar-refractivity contribution in [3.05, 3.63) is 72.3 Å². The van der Waals surface area contributed by atoms with Gasteiger partial charge in [0.1, 0.15) is 0 Å². The molecule has 106 valence electrons. The van der Waals surface area contributed by atoms with E-state index in [9.17, 15) is 4.79 Å². The third-order valence-corrected chi connectivity index (χ3v) is 2.04. The Kier molecular flexibility index (Phi) is 8.02. The molecule has 0 saturated heterocycles. The Morgan fingerprint density at radius 1 is 1.10 bits per heavy atom. The van der Waals surface area contributed by atoms with Gasteiger partial charge in [0.2, 0.25) is 0 Å². The van der Waals surface area contributed by atoms with Gasteiger partial charge in [-0.1, -0.05) is 25.3 Å². The molecule has 5 nitrogen and oxygen atoms in total. The largest absolute Gasteiger partial charge is 0.513 e. The summed E-state index contributed by atoms with van der Waals surface area (Å²) in [5.41, 5.74) is 0.583. The van der Waals surface area contributed by atoms with E-state index in [-0.39, 0.29) is 17.0 Å². The van der Waals surface area contributed by atoms with Crippen LogP contribution in [0.5, 0.6) is 0 Å². The van der Waals surface area contributed by atoms with E-state index in [0.29, 0.717) is 5.70 Å². The van der Waals surface area contributed by atoms with Gasteiger partial charge >= 0.3 is 5.97 Å². The molecule has 0 aliphatic carbocycles. The number of aliphatic hydroxyl groups excluding tert-OH is 1. The van der Waals surface area contributed by atoms with Crippen molar-refractivity contribution < 1.29 is 15.0 Å². The van der Waals surface area contributed by atoms with Crippen LogP contribution in [0.1, 0.15) is 13.8 Å². The van der Waals surface area contributed by atoms with Gasteiger partial charge < -0.3 is 10.2 Å². The second-order valence-corrected chi connectivity index (χ2v) is 3.60. The molecule has 0 aromatic heterocycles. The average molecular weight is 274 g/mol. The summed E-state index contributed by atoms with van der Waals surface area (Å²) in [5, 5.41) is 25.9. The molecule has 0 aromatic carbocycles. The van der Waals surface area contributed by atoms with Gasteiger partial charge in [-0.05, 0) is 38.2 Å². The number of hydrogen-bond acceptors (Lipinski definition) is 4. The summed E-state index contributed by atoms with van der Waals surface area (Å²) in [6.07, 6.45) is 8.62. The normalized spacial score (nSPS) is 14.5. The van der Waals surface area contributed by atoms with Crippen molar-refractivity contribution in [1.29, 1.82) is 0 Å². The predicted molar refractivity (Wildman–Crippen MR) is 79.2 cm³/mol. The maximum absolute atomic E-state index is 11.1. The van der Waals surface area contributed by atoms with Crippen molar-refractivity contribution in [3.63, 3.8) is 0 Å². The highest BCUT2D eigenvalue weighted by molar-refractivity contribution is 5.91. The number of allylic oxidation sites excluding steroid dienone is 7. The predicted octanol–water partition coefficient (Wildman–Crippen LogP) is 4.07. The fraction of sp³-hybridized carbons (Fsp3) is 0.133. The summed E-state index contributed by atoms with van der Waals surface area (Å²) in [7, 11) is 0. The Labute approximate surface area is 118 Å². The first kappa shape index (κ1) is 17.3. The molecule has 0 aliphatic heterocycles. The van der Waals surface area contributed by atoms with Crippen molar-refractivity contribution in [2.45, 2.75) is 13.8 Å². The van der Waals surface area contributed by atoms with Crippen LogP contribution in [0.3, 0.4) is 0 Å². The molecule has 0 rings (SSSR count). The van der Waals surface area contributed by atoms with Crippen molar-refractivity contribution in [3.8, 4) is 0 Å². The molecule has 0 atom stereocenters. The summed E-state index contributed by atoms with van der Waals surface area (Å²) >= 11 is 0. The SMILES string of the molecule is C=C\C=C(C(=O)O)/C(=C\C)/N=N/C(C=C)=C/C=C(\C)O. The lowest BCUT2D eigenvalue weighted by atomic mass is 10.2. The summed E-state index contributed by atoms with van der Waals surface area (Å²) in [5.74, 6) is -1.00. The number of carboxylic acids is 1. The Balaban J connectivity index is 5.38. The molecule has 0 aliphatic rings. The topological polar surface area (TPSA) is 82.2 Å². The quantitative estimate of drug-likeness (QED) is 0.318. The zero-order valence-electron chi connectivity index (χ0n) is 11.6. The van der Waals surface area contributed by atoms with E-state index in [1.165, 1.54) is 43.4 Å². The zero-order chi connectivity index (χ0) is 15.5. The third-order valence-electron chi connectivity index (χ3n) is 2.04. The van der Waals surface area contributed by atoms with Crippen LogP contribution in [0.15, 0.2) is 82.6 Å². The molecule has 20 heavy (non-hydrogen) atoms. The van der Waals surface area contributed by atoms with Crippen LogP contribution in [0.25, 0.3) is 0 Å². The molecule has 0 bridgehead atoms. The molecule has 0 aromatic rings. The van der Waals surface area contributed by atoms with Gasteiger partial charge in [0, 0.05) is 0 Å². The first-order valence-corrected chi connectivity index (χ1v) is 5.80. The molecule has 0 radical (unpaired) electrons. The van der Waals surface area contributed by atoms with E-state index >= 15 is 0 Å². The first-order chi connectivity index (χ1) is 9.46. The number of hydrogen-bond donors (Lipinski definition) is 2. The van der Waals surface area contributed by atoms with Crippen LogP contribution < -0.4 is 0 Å². The Bertz CT molecular complexity index is 531. The van der Waals surface area contributed by atoms with Crippen LogP contribution in [-0.2, 0) is 4.79 Å². The second-order valence-electron chi connectivity index (χ2n) is 3.60. The first-order valence-electron chi connectivity index (χ1n) is 5.80. The van der Waals surface area contributed by atoms with Crippen molar-refractivity contribution in [1.82, 2.24) is 0 Å². The molecule has 0 spiro atoms. The zero-order valence-corrected chi connectivity index (χ0v) is 11.6. The van der Waals surface area contributed by atoms with Crippen LogP contribution in [0, 0.1) is 0 Å². The standard InChI is InChI=1S/C15H18N2O3/c1-5-8-13(15(19)20)14(7-3)17-16-12(6-2)10-9-11(4)18/h5-10,18H,1-2H2,3-4H3,(H,19,20)/b11-9+,12-10+,13-8+,14-7+,17-16+. The lowest BCUT2D eigenvalue weighted by molar-refractivity contribution is -0.132. The van der Waals surface area contributed by atoms with Crippen LogP contribution in [0.2, 0.25) is 0 Å². The average Bonchev–Trinajstić information content (AvgIpc) is 2.40. The van der Waals surface area contributed by atoms with Gasteiger partial charge in [-0.25, -0.2) is 4.79 Å². The molecule has 0 heterocycles. The number of carbonyl (C=O) groups is 1. The van der Waals surface area contributed by atoms with Crippen LogP contribution >= 0.6 is 0 Å². The Morgan fingerprint density at radius 2 is 1.75 bits per heavy atom. The van der Waals surface area contributed by atoms with Gasteiger partial charge in [0.05, 0.1) is 22.7 Å². The number of azo groups is 1. The Hall–Kier alpha value is -2.69. The van der Waals surface area contributed by atoms with Gasteiger partial charge in [-0.2, -0.15) is 10.2 Å². The van der Waals surface area contributed by atoms with Gasteiger partial charge in [-0.15, -0.1) is 0 Å². The highest BCUT2D eigenvalue weighted by Gasteiger charge is 2.11.